The van der Waals surface area contributed by atoms with Crippen LogP contribution in [-0.4, -0.2) is 29.7 Å². The second-order valence-electron chi connectivity index (χ2n) is 5.67. The van der Waals surface area contributed by atoms with Crippen molar-refractivity contribution in [3.8, 4) is 11.5 Å². The molecule has 21 heavy (non-hydrogen) atoms. The first-order chi connectivity index (χ1) is 9.97. The van der Waals surface area contributed by atoms with Crippen molar-refractivity contribution in [1.82, 2.24) is 4.90 Å². The van der Waals surface area contributed by atoms with Crippen molar-refractivity contribution in [2.75, 3.05) is 13.3 Å². The van der Waals surface area contributed by atoms with Crippen molar-refractivity contribution >= 4 is 5.91 Å². The lowest BCUT2D eigenvalue weighted by Gasteiger charge is -2.31. The molecular weight excluding hydrogens is 268 g/mol. The molecule has 1 heterocycles. The quantitative estimate of drug-likeness (QED) is 0.873. The molecule has 0 saturated carbocycles. The predicted molar refractivity (Wildman–Crippen MR) is 81.2 cm³/mol. The van der Waals surface area contributed by atoms with Crippen molar-refractivity contribution in [2.24, 2.45) is 5.73 Å². The van der Waals surface area contributed by atoms with E-state index in [1.54, 1.807) is 11.8 Å². The van der Waals surface area contributed by atoms with E-state index >= 15 is 0 Å². The SMILES string of the molecule is CCCC(C)(N)C(=O)N(CC)Cc1ccc2c(c1)OCO2. The normalized spacial score (nSPS) is 15.6. The Hall–Kier alpha value is -1.75. The average molecular weight is 292 g/mol. The van der Waals surface area contributed by atoms with Gasteiger partial charge in [0, 0.05) is 13.1 Å². The maximum Gasteiger partial charge on any atom is 0.242 e. The molecule has 1 amide bonds. The standard InChI is InChI=1S/C16H24N2O3/c1-4-8-16(3,17)15(19)18(5-2)10-12-6-7-13-14(9-12)21-11-20-13/h6-7,9H,4-5,8,10-11,17H2,1-3H3. The molecule has 0 aliphatic carbocycles. The molecule has 1 aliphatic rings. The van der Waals surface area contributed by atoms with E-state index in [4.69, 9.17) is 15.2 Å². The van der Waals surface area contributed by atoms with Crippen LogP contribution in [0.3, 0.4) is 0 Å². The van der Waals surface area contributed by atoms with Crippen LogP contribution >= 0.6 is 0 Å². The molecule has 0 bridgehead atoms. The van der Waals surface area contributed by atoms with Gasteiger partial charge in [-0.3, -0.25) is 4.79 Å². The lowest BCUT2D eigenvalue weighted by molar-refractivity contribution is -0.137. The van der Waals surface area contributed by atoms with E-state index in [9.17, 15) is 4.79 Å². The van der Waals surface area contributed by atoms with Crippen LogP contribution in [0.15, 0.2) is 18.2 Å². The van der Waals surface area contributed by atoms with Crippen molar-refractivity contribution in [3.63, 3.8) is 0 Å². The van der Waals surface area contributed by atoms with E-state index in [2.05, 4.69) is 0 Å². The Labute approximate surface area is 126 Å². The summed E-state index contributed by atoms with van der Waals surface area (Å²) in [6.45, 7) is 7.22. The highest BCUT2D eigenvalue weighted by Gasteiger charge is 2.31. The lowest BCUT2D eigenvalue weighted by Crippen LogP contribution is -2.52. The first-order valence-electron chi connectivity index (χ1n) is 7.44. The van der Waals surface area contributed by atoms with E-state index in [1.807, 2.05) is 32.0 Å². The maximum absolute atomic E-state index is 12.6. The number of ether oxygens (including phenoxy) is 2. The van der Waals surface area contributed by atoms with Crippen LogP contribution in [-0.2, 0) is 11.3 Å². The molecule has 0 aromatic heterocycles. The monoisotopic (exact) mass is 292 g/mol. The Bertz CT molecular complexity index is 514. The second-order valence-corrected chi connectivity index (χ2v) is 5.67. The number of nitrogens with zero attached hydrogens (tertiary/aromatic N) is 1. The fourth-order valence-electron chi connectivity index (χ4n) is 2.57. The summed E-state index contributed by atoms with van der Waals surface area (Å²) >= 11 is 0. The largest absolute Gasteiger partial charge is 0.454 e. The number of nitrogens with two attached hydrogens (primary N) is 1. The van der Waals surface area contributed by atoms with Gasteiger partial charge in [-0.05, 0) is 38.0 Å². The zero-order valence-corrected chi connectivity index (χ0v) is 13.0. The number of carbonyl (C=O) groups excluding carboxylic acids is 1. The number of hydrogen-bond donors (Lipinski definition) is 1. The fourth-order valence-corrected chi connectivity index (χ4v) is 2.57. The van der Waals surface area contributed by atoms with Gasteiger partial charge in [0.25, 0.3) is 0 Å². The Morgan fingerprint density at radius 3 is 2.71 bits per heavy atom. The van der Waals surface area contributed by atoms with Gasteiger partial charge >= 0.3 is 0 Å². The third kappa shape index (κ3) is 3.47. The number of likely N-dealkylation sites (N-methyl/N-ethyl adjacent to an activating group) is 1. The van der Waals surface area contributed by atoms with Crippen LogP contribution in [0.1, 0.15) is 39.2 Å². The lowest BCUT2D eigenvalue weighted by atomic mass is 9.95. The van der Waals surface area contributed by atoms with Crippen molar-refractivity contribution in [1.29, 1.82) is 0 Å². The minimum absolute atomic E-state index is 0.00971. The molecule has 0 radical (unpaired) electrons. The van der Waals surface area contributed by atoms with Crippen molar-refractivity contribution in [2.45, 2.75) is 45.7 Å². The molecule has 1 aromatic carbocycles. The third-order valence-corrected chi connectivity index (χ3v) is 3.74. The van der Waals surface area contributed by atoms with Gasteiger partial charge in [0.05, 0.1) is 5.54 Å². The van der Waals surface area contributed by atoms with Gasteiger partial charge in [-0.2, -0.15) is 0 Å². The summed E-state index contributed by atoms with van der Waals surface area (Å²) in [6, 6.07) is 5.76. The molecule has 5 heteroatoms. The summed E-state index contributed by atoms with van der Waals surface area (Å²) < 4.78 is 10.7. The third-order valence-electron chi connectivity index (χ3n) is 3.74. The van der Waals surface area contributed by atoms with Gasteiger partial charge in [-0.25, -0.2) is 0 Å². The van der Waals surface area contributed by atoms with Gasteiger partial charge < -0.3 is 20.1 Å². The molecule has 1 aromatic rings. The number of hydrogen-bond acceptors (Lipinski definition) is 4. The van der Waals surface area contributed by atoms with Crippen LogP contribution in [0.25, 0.3) is 0 Å². The second kappa shape index (κ2) is 6.35. The molecular formula is C16H24N2O3. The van der Waals surface area contributed by atoms with Gasteiger partial charge in [0.2, 0.25) is 12.7 Å². The summed E-state index contributed by atoms with van der Waals surface area (Å²) in [5.41, 5.74) is 6.37. The molecule has 2 rings (SSSR count). The highest BCUT2D eigenvalue weighted by Crippen LogP contribution is 2.33. The molecule has 1 unspecified atom stereocenters. The topological polar surface area (TPSA) is 64.8 Å². The molecule has 1 atom stereocenters. The molecule has 0 fully saturated rings. The minimum Gasteiger partial charge on any atom is -0.454 e. The summed E-state index contributed by atoms with van der Waals surface area (Å²) in [4.78, 5) is 14.4. The first kappa shape index (κ1) is 15.6. The minimum atomic E-state index is -0.804. The highest BCUT2D eigenvalue weighted by molar-refractivity contribution is 5.85. The Balaban J connectivity index is 2.10. The van der Waals surface area contributed by atoms with Gasteiger partial charge in [0.15, 0.2) is 11.5 Å². The Kier molecular flexibility index (Phi) is 4.73. The van der Waals surface area contributed by atoms with Crippen LogP contribution < -0.4 is 15.2 Å². The zero-order chi connectivity index (χ0) is 15.5. The van der Waals surface area contributed by atoms with E-state index in [-0.39, 0.29) is 12.7 Å². The molecule has 0 saturated heterocycles. The van der Waals surface area contributed by atoms with E-state index in [0.717, 1.165) is 23.5 Å². The molecule has 2 N–H and O–H groups in total. The van der Waals surface area contributed by atoms with Crippen molar-refractivity contribution in [3.05, 3.63) is 23.8 Å². The molecule has 116 valence electrons. The van der Waals surface area contributed by atoms with Crippen LogP contribution in [0.2, 0.25) is 0 Å². The number of rotatable bonds is 6. The Morgan fingerprint density at radius 1 is 1.33 bits per heavy atom. The maximum atomic E-state index is 12.6. The Morgan fingerprint density at radius 2 is 2.05 bits per heavy atom. The van der Waals surface area contributed by atoms with Gasteiger partial charge in [0.1, 0.15) is 0 Å². The number of amides is 1. The summed E-state index contributed by atoms with van der Waals surface area (Å²) in [5.74, 6) is 1.48. The molecule has 5 nitrogen and oxygen atoms in total. The average Bonchev–Trinajstić information content (AvgIpc) is 2.91. The smallest absolute Gasteiger partial charge is 0.242 e. The fraction of sp³-hybridized carbons (Fsp3) is 0.562. The number of carbonyl (C=O) groups is 1. The number of benzene rings is 1. The predicted octanol–water partition coefficient (Wildman–Crippen LogP) is 2.28. The van der Waals surface area contributed by atoms with Crippen LogP contribution in [0, 0.1) is 0 Å². The van der Waals surface area contributed by atoms with Gasteiger partial charge in [-0.1, -0.05) is 19.4 Å². The highest BCUT2D eigenvalue weighted by atomic mass is 16.7. The van der Waals surface area contributed by atoms with Crippen molar-refractivity contribution < 1.29 is 14.3 Å². The van der Waals surface area contributed by atoms with Crippen LogP contribution in [0.5, 0.6) is 11.5 Å². The van der Waals surface area contributed by atoms with E-state index in [1.165, 1.54) is 0 Å². The summed E-state index contributed by atoms with van der Waals surface area (Å²) in [6.07, 6.45) is 1.57. The molecule has 1 aliphatic heterocycles. The van der Waals surface area contributed by atoms with Gasteiger partial charge in [-0.15, -0.1) is 0 Å². The van der Waals surface area contributed by atoms with Crippen LogP contribution in [0.4, 0.5) is 0 Å². The van der Waals surface area contributed by atoms with E-state index < -0.39 is 5.54 Å². The first-order valence-corrected chi connectivity index (χ1v) is 7.44. The van der Waals surface area contributed by atoms with E-state index in [0.29, 0.717) is 19.5 Å². The summed E-state index contributed by atoms with van der Waals surface area (Å²) in [7, 11) is 0. The molecule has 0 spiro atoms. The number of fused-ring (bicyclic) bond motifs is 1. The summed E-state index contributed by atoms with van der Waals surface area (Å²) in [5, 5.41) is 0. The zero-order valence-electron chi connectivity index (χ0n) is 13.0.